The second kappa shape index (κ2) is 6.66. The molecule has 0 radical (unpaired) electrons. The fraction of sp³-hybridized carbons (Fsp3) is 0.417. The third-order valence-corrected chi connectivity index (χ3v) is 2.84. The van der Waals surface area contributed by atoms with Crippen LogP contribution in [0.2, 0.25) is 0 Å². The van der Waals surface area contributed by atoms with Gasteiger partial charge in [-0.1, -0.05) is 35.0 Å². The predicted molar refractivity (Wildman–Crippen MR) is 68.9 cm³/mol. The SMILES string of the molecule is CCC(N)CC(=O)NCc1cccc(Br)c1. The number of amides is 1. The predicted octanol–water partition coefficient (Wildman–Crippen LogP) is 2.19. The fourth-order valence-corrected chi connectivity index (χ4v) is 1.75. The number of hydrogen-bond donors (Lipinski definition) is 2. The number of carbonyl (C=O) groups excluding carboxylic acids is 1. The van der Waals surface area contributed by atoms with Gasteiger partial charge in [0.1, 0.15) is 0 Å². The normalized spacial score (nSPS) is 12.2. The van der Waals surface area contributed by atoms with Crippen molar-refractivity contribution in [3.63, 3.8) is 0 Å². The summed E-state index contributed by atoms with van der Waals surface area (Å²) in [7, 11) is 0. The summed E-state index contributed by atoms with van der Waals surface area (Å²) >= 11 is 3.39. The van der Waals surface area contributed by atoms with Crippen LogP contribution in [0, 0.1) is 0 Å². The number of rotatable bonds is 5. The molecule has 0 aromatic heterocycles. The molecule has 88 valence electrons. The molecule has 16 heavy (non-hydrogen) atoms. The van der Waals surface area contributed by atoms with Crippen molar-refractivity contribution in [3.05, 3.63) is 34.3 Å². The summed E-state index contributed by atoms with van der Waals surface area (Å²) < 4.78 is 1.02. The second-order valence-corrected chi connectivity index (χ2v) is 4.69. The summed E-state index contributed by atoms with van der Waals surface area (Å²) in [6.07, 6.45) is 1.22. The Hall–Kier alpha value is -0.870. The van der Waals surface area contributed by atoms with Gasteiger partial charge >= 0.3 is 0 Å². The van der Waals surface area contributed by atoms with E-state index in [2.05, 4.69) is 21.2 Å². The highest BCUT2D eigenvalue weighted by atomic mass is 79.9. The van der Waals surface area contributed by atoms with Gasteiger partial charge in [0.05, 0.1) is 0 Å². The van der Waals surface area contributed by atoms with E-state index in [1.165, 1.54) is 0 Å². The minimum absolute atomic E-state index is 0.00863. The third kappa shape index (κ3) is 4.77. The van der Waals surface area contributed by atoms with E-state index in [1.54, 1.807) is 0 Å². The van der Waals surface area contributed by atoms with Gasteiger partial charge in [-0.2, -0.15) is 0 Å². The van der Waals surface area contributed by atoms with E-state index in [9.17, 15) is 4.79 Å². The Bertz CT molecular complexity index is 355. The van der Waals surface area contributed by atoms with Crippen LogP contribution >= 0.6 is 15.9 Å². The average molecular weight is 285 g/mol. The molecule has 0 heterocycles. The first-order chi connectivity index (χ1) is 7.61. The molecule has 0 saturated carbocycles. The maximum atomic E-state index is 11.5. The Morgan fingerprint density at radius 3 is 2.94 bits per heavy atom. The van der Waals surface area contributed by atoms with Gasteiger partial charge in [-0.15, -0.1) is 0 Å². The molecule has 0 aliphatic heterocycles. The topological polar surface area (TPSA) is 55.1 Å². The molecule has 1 unspecified atom stereocenters. The first-order valence-corrected chi connectivity index (χ1v) is 6.18. The van der Waals surface area contributed by atoms with E-state index >= 15 is 0 Å². The lowest BCUT2D eigenvalue weighted by molar-refractivity contribution is -0.121. The number of halogens is 1. The summed E-state index contributed by atoms with van der Waals surface area (Å²) in [6, 6.07) is 7.83. The molecular weight excluding hydrogens is 268 g/mol. The first kappa shape index (κ1) is 13.2. The van der Waals surface area contributed by atoms with Crippen LogP contribution in [0.4, 0.5) is 0 Å². The van der Waals surface area contributed by atoms with Gasteiger partial charge in [-0.25, -0.2) is 0 Å². The van der Waals surface area contributed by atoms with E-state index < -0.39 is 0 Å². The number of hydrogen-bond acceptors (Lipinski definition) is 2. The molecule has 1 rings (SSSR count). The lowest BCUT2D eigenvalue weighted by atomic mass is 10.1. The van der Waals surface area contributed by atoms with Crippen molar-refractivity contribution in [2.75, 3.05) is 0 Å². The molecule has 0 bridgehead atoms. The quantitative estimate of drug-likeness (QED) is 0.871. The fourth-order valence-electron chi connectivity index (χ4n) is 1.30. The molecule has 0 aliphatic rings. The van der Waals surface area contributed by atoms with Crippen molar-refractivity contribution < 1.29 is 4.79 Å². The molecule has 0 fully saturated rings. The zero-order valence-corrected chi connectivity index (χ0v) is 11.0. The molecule has 1 aromatic rings. The van der Waals surface area contributed by atoms with Crippen LogP contribution in [0.3, 0.4) is 0 Å². The standard InChI is InChI=1S/C12H17BrN2O/c1-2-11(14)7-12(16)15-8-9-4-3-5-10(13)6-9/h3-6,11H,2,7-8,14H2,1H3,(H,15,16). The van der Waals surface area contributed by atoms with Gasteiger partial charge in [0.15, 0.2) is 0 Å². The van der Waals surface area contributed by atoms with Crippen LogP contribution in [-0.2, 0) is 11.3 Å². The summed E-state index contributed by atoms with van der Waals surface area (Å²) in [5.74, 6) is 0.00863. The van der Waals surface area contributed by atoms with Crippen molar-refractivity contribution in [2.45, 2.75) is 32.4 Å². The van der Waals surface area contributed by atoms with Crippen molar-refractivity contribution in [2.24, 2.45) is 5.73 Å². The molecule has 0 saturated heterocycles. The van der Waals surface area contributed by atoms with E-state index in [4.69, 9.17) is 5.73 Å². The van der Waals surface area contributed by atoms with Crippen molar-refractivity contribution in [3.8, 4) is 0 Å². The Morgan fingerprint density at radius 1 is 1.56 bits per heavy atom. The molecule has 3 nitrogen and oxygen atoms in total. The molecule has 0 aliphatic carbocycles. The zero-order chi connectivity index (χ0) is 12.0. The highest BCUT2D eigenvalue weighted by molar-refractivity contribution is 9.10. The number of nitrogens with two attached hydrogens (primary N) is 1. The van der Waals surface area contributed by atoms with Gasteiger partial charge in [0.25, 0.3) is 0 Å². The average Bonchev–Trinajstić information content (AvgIpc) is 2.26. The van der Waals surface area contributed by atoms with Crippen LogP contribution in [0.1, 0.15) is 25.3 Å². The third-order valence-electron chi connectivity index (χ3n) is 2.35. The summed E-state index contributed by atoms with van der Waals surface area (Å²) in [6.45, 7) is 2.53. The Kier molecular flexibility index (Phi) is 5.49. The van der Waals surface area contributed by atoms with E-state index in [1.807, 2.05) is 31.2 Å². The number of benzene rings is 1. The molecule has 1 amide bonds. The lowest BCUT2D eigenvalue weighted by Crippen LogP contribution is -2.30. The largest absolute Gasteiger partial charge is 0.352 e. The van der Waals surface area contributed by atoms with Crippen LogP contribution in [-0.4, -0.2) is 11.9 Å². The van der Waals surface area contributed by atoms with Crippen molar-refractivity contribution in [1.82, 2.24) is 5.32 Å². The highest BCUT2D eigenvalue weighted by Crippen LogP contribution is 2.11. The minimum atomic E-state index is -0.0393. The number of carbonyl (C=O) groups is 1. The molecule has 1 aromatic carbocycles. The molecule has 0 spiro atoms. The maximum Gasteiger partial charge on any atom is 0.221 e. The first-order valence-electron chi connectivity index (χ1n) is 5.38. The second-order valence-electron chi connectivity index (χ2n) is 3.78. The van der Waals surface area contributed by atoms with Crippen LogP contribution in [0.5, 0.6) is 0 Å². The summed E-state index contributed by atoms with van der Waals surface area (Å²) in [5.41, 5.74) is 6.78. The monoisotopic (exact) mass is 284 g/mol. The maximum absolute atomic E-state index is 11.5. The van der Waals surface area contributed by atoms with Crippen LogP contribution in [0.25, 0.3) is 0 Å². The Labute approximate surface area is 105 Å². The van der Waals surface area contributed by atoms with Gasteiger partial charge in [-0.05, 0) is 24.1 Å². The van der Waals surface area contributed by atoms with Crippen molar-refractivity contribution in [1.29, 1.82) is 0 Å². The van der Waals surface area contributed by atoms with E-state index in [-0.39, 0.29) is 11.9 Å². The summed E-state index contributed by atoms with van der Waals surface area (Å²) in [4.78, 5) is 11.5. The van der Waals surface area contributed by atoms with E-state index in [0.29, 0.717) is 13.0 Å². The van der Waals surface area contributed by atoms with Crippen molar-refractivity contribution >= 4 is 21.8 Å². The van der Waals surface area contributed by atoms with E-state index in [0.717, 1.165) is 16.5 Å². The van der Waals surface area contributed by atoms with Gasteiger partial charge in [0.2, 0.25) is 5.91 Å². The Morgan fingerprint density at radius 2 is 2.31 bits per heavy atom. The van der Waals surface area contributed by atoms with Crippen LogP contribution < -0.4 is 11.1 Å². The minimum Gasteiger partial charge on any atom is -0.352 e. The molecule has 1 atom stereocenters. The molecule has 3 N–H and O–H groups in total. The molecular formula is C12H17BrN2O. The zero-order valence-electron chi connectivity index (χ0n) is 9.37. The van der Waals surface area contributed by atoms with Gasteiger partial charge in [0, 0.05) is 23.5 Å². The highest BCUT2D eigenvalue weighted by Gasteiger charge is 2.06. The van der Waals surface area contributed by atoms with Gasteiger partial charge < -0.3 is 11.1 Å². The molecule has 4 heteroatoms. The van der Waals surface area contributed by atoms with Gasteiger partial charge in [-0.3, -0.25) is 4.79 Å². The Balaban J connectivity index is 2.37. The smallest absolute Gasteiger partial charge is 0.221 e. The van der Waals surface area contributed by atoms with Crippen LogP contribution in [0.15, 0.2) is 28.7 Å². The summed E-state index contributed by atoms with van der Waals surface area (Å²) in [5, 5.41) is 2.85. The lowest BCUT2D eigenvalue weighted by Gasteiger charge is -2.09. The number of nitrogens with one attached hydrogen (secondary N) is 1.